The van der Waals surface area contributed by atoms with Crippen LogP contribution in [-0.4, -0.2) is 43.7 Å². The Morgan fingerprint density at radius 3 is 0.663 bits per heavy atom. The van der Waals surface area contributed by atoms with Gasteiger partial charge in [0.25, 0.3) is 0 Å². The third kappa shape index (κ3) is 12.4. The van der Waals surface area contributed by atoms with Crippen LogP contribution in [0.4, 0.5) is 0 Å². The molecule has 1 aliphatic rings. The van der Waals surface area contributed by atoms with Gasteiger partial charge in [-0.2, -0.15) is 0 Å². The van der Waals surface area contributed by atoms with Crippen molar-refractivity contribution in [2.24, 2.45) is 0 Å². The molecule has 1 fully saturated rings. The highest BCUT2D eigenvalue weighted by atomic mass is 28.4. The Kier molecular flexibility index (Phi) is 18.5. The molecule has 0 atom stereocenters. The third-order valence-electron chi connectivity index (χ3n) is 19.4. The van der Waals surface area contributed by atoms with Gasteiger partial charge < -0.3 is 23.3 Å². The van der Waals surface area contributed by atoms with Crippen LogP contribution >= 0.6 is 0 Å². The fraction of sp³-hybridized carbons (Fsp3) is 0.488. The first-order valence-corrected chi connectivity index (χ1v) is 34.7. The first-order chi connectivity index (χ1) is 41.0. The number of ether oxygens (including phenoxy) is 4. The Morgan fingerprint density at radius 2 is 0.483 bits per heavy atom. The van der Waals surface area contributed by atoms with Gasteiger partial charge in [-0.3, -0.25) is 0 Å². The SMILES string of the molecule is COc1c(C(C)(C)C)cc(C2(c3cc(C(C)(C)C)c(OC)c(C(C)(C)C)c3)CCC(c3cc(C(C)(C)C)c(OC)c(C(C)(C)C)c3)(c3cc(C(C)(C)C)c(OC)c(C(C)(C)C)c3)[Si]2(OB(c2ccccc2)c2ccccc2)c2ccccc2)cc1C(C)(C)C. The minimum Gasteiger partial charge on any atom is -0.496 e. The molecule has 7 aromatic rings. The molecular formula is C82H111BO5Si. The van der Waals surface area contributed by atoms with E-state index in [9.17, 15) is 4.34 Å². The van der Waals surface area contributed by atoms with E-state index in [4.69, 9.17) is 18.9 Å². The second-order valence-electron chi connectivity index (χ2n) is 34.1. The van der Waals surface area contributed by atoms with E-state index in [0.717, 1.165) is 33.9 Å². The van der Waals surface area contributed by atoms with Gasteiger partial charge in [0, 0.05) is 54.6 Å². The molecule has 0 saturated carbocycles. The van der Waals surface area contributed by atoms with Gasteiger partial charge in [-0.1, -0.05) is 306 Å². The third-order valence-corrected chi connectivity index (χ3v) is 25.2. The van der Waals surface area contributed by atoms with Crippen molar-refractivity contribution in [1.29, 1.82) is 0 Å². The minimum atomic E-state index is -4.39. The second kappa shape index (κ2) is 23.9. The molecule has 89 heavy (non-hydrogen) atoms. The summed E-state index contributed by atoms with van der Waals surface area (Å²) in [6, 6.07) is 54.6. The molecule has 0 N–H and O–H groups in total. The standard InChI is InChI=1S/C82H111BO5Si/c1-73(2,3)61-46-54(47-62(69(61)84-25)74(4,5)6)81(55-48-63(75(7,8)9)70(85-26)64(49-55)76(10,11)12)44-45-82(56-50-65(77(13,14)15)71(86-27)66(51-56)78(16,17)18,57-52-67(79(19,20)21)72(87-28)68(53-57)80(22,23)24)89(81,60-42-36-31-37-43-60)88-83(58-38-32-29-33-39-58)59-40-34-30-35-41-59/h29-43,46-53H,44-45H2,1-28H3. The van der Waals surface area contributed by atoms with Gasteiger partial charge in [-0.25, -0.2) is 0 Å². The maximum absolute atomic E-state index is 9.65. The topological polar surface area (TPSA) is 46.2 Å². The Balaban J connectivity index is 1.91. The molecule has 1 saturated heterocycles. The highest BCUT2D eigenvalue weighted by molar-refractivity contribution is 7.00. The van der Waals surface area contributed by atoms with E-state index in [0.29, 0.717) is 12.8 Å². The van der Waals surface area contributed by atoms with Gasteiger partial charge in [0.1, 0.15) is 23.0 Å². The van der Waals surface area contributed by atoms with Crippen LogP contribution in [-0.2, 0) is 57.7 Å². The molecule has 0 radical (unpaired) electrons. The van der Waals surface area contributed by atoms with Crippen molar-refractivity contribution < 1.29 is 23.3 Å². The average molecular weight is 1220 g/mol. The van der Waals surface area contributed by atoms with Gasteiger partial charge >= 0.3 is 6.92 Å². The normalized spacial score (nSPS) is 15.6. The molecular weight excluding hydrogens is 1100 g/mol. The van der Waals surface area contributed by atoms with Crippen molar-refractivity contribution in [1.82, 2.24) is 0 Å². The molecule has 476 valence electrons. The lowest BCUT2D eigenvalue weighted by atomic mass is 9.56. The summed E-state index contributed by atoms with van der Waals surface area (Å²) in [6.07, 6.45) is 1.43. The minimum absolute atomic E-state index is 0.349. The van der Waals surface area contributed by atoms with Crippen molar-refractivity contribution in [3.8, 4) is 23.0 Å². The largest absolute Gasteiger partial charge is 0.496 e. The average Bonchev–Trinajstić information content (AvgIpc) is 1.56. The maximum Gasteiger partial charge on any atom is 0.351 e. The van der Waals surface area contributed by atoms with E-state index in [-0.39, 0.29) is 43.3 Å². The number of methoxy groups -OCH3 is 4. The van der Waals surface area contributed by atoms with Crippen LogP contribution in [0.2, 0.25) is 0 Å². The lowest BCUT2D eigenvalue weighted by Gasteiger charge is -2.56. The Labute approximate surface area is 541 Å². The monoisotopic (exact) mass is 1210 g/mol. The maximum atomic E-state index is 9.65. The summed E-state index contributed by atoms with van der Waals surface area (Å²) < 4.78 is 36.9. The summed E-state index contributed by atoms with van der Waals surface area (Å²) in [4.78, 5) is 0. The van der Waals surface area contributed by atoms with Crippen molar-refractivity contribution in [2.45, 2.75) is 232 Å². The van der Waals surface area contributed by atoms with E-state index in [1.165, 1.54) is 71.9 Å². The van der Waals surface area contributed by atoms with Gasteiger partial charge in [0.05, 0.1) is 28.4 Å². The quantitative estimate of drug-likeness (QED) is 0.108. The number of benzene rings is 7. The summed E-state index contributed by atoms with van der Waals surface area (Å²) >= 11 is 0. The molecule has 5 nitrogen and oxygen atoms in total. The molecule has 1 aliphatic heterocycles. The van der Waals surface area contributed by atoms with E-state index in [1.54, 1.807) is 0 Å². The summed E-state index contributed by atoms with van der Waals surface area (Å²) in [7, 11) is 3.08. The molecule has 0 spiro atoms. The zero-order valence-electron chi connectivity index (χ0n) is 60.3. The predicted molar refractivity (Wildman–Crippen MR) is 383 cm³/mol. The molecule has 0 amide bonds. The lowest BCUT2D eigenvalue weighted by Crippen LogP contribution is -2.76. The molecule has 0 bridgehead atoms. The molecule has 0 unspecified atom stereocenters. The first-order valence-electron chi connectivity index (χ1n) is 32.8. The summed E-state index contributed by atoms with van der Waals surface area (Å²) in [5.74, 6) is 3.75. The predicted octanol–water partition coefficient (Wildman–Crippen LogP) is 18.9. The van der Waals surface area contributed by atoms with Crippen LogP contribution in [0, 0.1) is 0 Å². The fourth-order valence-corrected chi connectivity index (χ4v) is 21.5. The summed E-state index contributed by atoms with van der Waals surface area (Å²) in [6.45, 7) is 56.0. The highest BCUT2D eigenvalue weighted by Crippen LogP contribution is 2.66. The van der Waals surface area contributed by atoms with E-state index >= 15 is 0 Å². The van der Waals surface area contributed by atoms with Crippen molar-refractivity contribution >= 4 is 31.3 Å². The van der Waals surface area contributed by atoms with Gasteiger partial charge in [0.2, 0.25) is 8.32 Å². The zero-order chi connectivity index (χ0) is 66.3. The highest BCUT2D eigenvalue weighted by Gasteiger charge is 2.75. The Morgan fingerprint density at radius 1 is 0.292 bits per heavy atom. The van der Waals surface area contributed by atoms with Crippen molar-refractivity contribution in [3.63, 3.8) is 0 Å². The van der Waals surface area contributed by atoms with Crippen LogP contribution in [0.15, 0.2) is 140 Å². The smallest absolute Gasteiger partial charge is 0.351 e. The van der Waals surface area contributed by atoms with E-state index < -0.39 is 25.3 Å². The Hall–Kier alpha value is -6.02. The van der Waals surface area contributed by atoms with Crippen LogP contribution in [0.25, 0.3) is 0 Å². The molecule has 7 heteroatoms. The summed E-state index contributed by atoms with van der Waals surface area (Å²) in [5, 5.41) is -0.647. The Bertz CT molecular complexity index is 3130. The van der Waals surface area contributed by atoms with Crippen molar-refractivity contribution in [2.75, 3.05) is 28.4 Å². The van der Waals surface area contributed by atoms with Crippen LogP contribution in [0.5, 0.6) is 23.0 Å². The zero-order valence-corrected chi connectivity index (χ0v) is 61.3. The molecule has 8 rings (SSSR count). The van der Waals surface area contributed by atoms with Crippen molar-refractivity contribution in [3.05, 3.63) is 206 Å². The number of hydrogen-bond acceptors (Lipinski definition) is 5. The number of rotatable bonds is 13. The summed E-state index contributed by atoms with van der Waals surface area (Å²) in [5.41, 5.74) is 13.7. The van der Waals surface area contributed by atoms with E-state index in [1.807, 2.05) is 28.4 Å². The fourth-order valence-electron chi connectivity index (χ4n) is 14.8. The lowest BCUT2D eigenvalue weighted by molar-refractivity contribution is 0.379. The van der Waals surface area contributed by atoms with Crippen LogP contribution in [0.1, 0.15) is 246 Å². The van der Waals surface area contributed by atoms with Gasteiger partial charge in [-0.15, -0.1) is 0 Å². The van der Waals surface area contributed by atoms with Gasteiger partial charge in [-0.05, 0) is 94.5 Å². The first kappa shape index (κ1) is 68.9. The molecule has 1 heterocycles. The van der Waals surface area contributed by atoms with Gasteiger partial charge in [0.15, 0.2) is 0 Å². The van der Waals surface area contributed by atoms with Crippen LogP contribution < -0.4 is 35.1 Å². The molecule has 0 aromatic heterocycles. The number of hydrogen-bond donors (Lipinski definition) is 0. The van der Waals surface area contributed by atoms with Crippen LogP contribution in [0.3, 0.4) is 0 Å². The molecule has 0 aliphatic carbocycles. The molecule has 7 aromatic carbocycles. The van der Waals surface area contributed by atoms with E-state index in [2.05, 4.69) is 306 Å². The second-order valence-corrected chi connectivity index (χ2v) is 38.0.